The number of hydrogen-bond acceptors (Lipinski definition) is 7. The fourth-order valence-corrected chi connectivity index (χ4v) is 2.42. The molecule has 1 rings (SSSR count). The van der Waals surface area contributed by atoms with Gasteiger partial charge in [-0.25, -0.2) is 4.98 Å². The molecule has 0 unspecified atom stereocenters. The van der Waals surface area contributed by atoms with E-state index in [0.717, 1.165) is 12.1 Å². The molecule has 0 aliphatic heterocycles. The zero-order valence-corrected chi connectivity index (χ0v) is 14.9. The molecule has 0 fully saturated rings. The Labute approximate surface area is 148 Å². The maximum Gasteiger partial charge on any atom is 0.269 e. The van der Waals surface area contributed by atoms with Gasteiger partial charge in [-0.05, 0) is 12.1 Å². The molecule has 11 nitrogen and oxygen atoms in total. The van der Waals surface area contributed by atoms with Crippen molar-refractivity contribution in [3.8, 4) is 0 Å². The summed E-state index contributed by atoms with van der Waals surface area (Å²) >= 11 is 5.78. The van der Waals surface area contributed by atoms with Gasteiger partial charge in [-0.1, -0.05) is 11.6 Å². The van der Waals surface area contributed by atoms with Crippen LogP contribution >= 0.6 is 11.6 Å². The molecule has 14 heteroatoms. The number of amides is 2. The Morgan fingerprint density at radius 2 is 1.28 bits per heavy atom. The predicted octanol–water partition coefficient (Wildman–Crippen LogP) is -1.03. The molecule has 25 heavy (non-hydrogen) atoms. The van der Waals surface area contributed by atoms with Crippen LogP contribution in [0, 0.1) is 0 Å². The fourth-order valence-electron chi connectivity index (χ4n) is 1.50. The Balaban J connectivity index is 2.77. The molecule has 0 radical (unpaired) electrons. The number of pyridine rings is 1. The molecular weight excluding hydrogens is 402 g/mol. The van der Waals surface area contributed by atoms with E-state index in [-0.39, 0.29) is 29.5 Å². The Kier molecular flexibility index (Phi) is 7.25. The van der Waals surface area contributed by atoms with Gasteiger partial charge in [-0.15, -0.1) is 0 Å². The van der Waals surface area contributed by atoms with Gasteiger partial charge in [0.2, 0.25) is 0 Å². The third-order valence-electron chi connectivity index (χ3n) is 2.55. The molecule has 0 spiro atoms. The third-order valence-corrected chi connectivity index (χ3v) is 4.20. The topological polar surface area (TPSA) is 180 Å². The summed E-state index contributed by atoms with van der Waals surface area (Å²) in [5.74, 6) is -3.08. The molecule has 0 aliphatic carbocycles. The summed E-state index contributed by atoms with van der Waals surface area (Å²) in [6.45, 7) is -0.774. The molecule has 2 amide bonds. The monoisotopic (exact) mass is 415 g/mol. The third kappa shape index (κ3) is 8.74. The molecule has 1 aromatic rings. The van der Waals surface area contributed by atoms with E-state index in [4.69, 9.17) is 20.7 Å². The van der Waals surface area contributed by atoms with Crippen LogP contribution < -0.4 is 10.6 Å². The molecule has 1 aromatic heterocycles. The molecule has 0 bridgehead atoms. The molecule has 1 heterocycles. The zero-order valence-electron chi connectivity index (χ0n) is 12.5. The van der Waals surface area contributed by atoms with Crippen molar-refractivity contribution in [1.29, 1.82) is 0 Å². The van der Waals surface area contributed by atoms with E-state index in [1.54, 1.807) is 0 Å². The molecule has 0 saturated carbocycles. The number of halogens is 1. The molecule has 140 valence electrons. The van der Waals surface area contributed by atoms with Crippen LogP contribution in [-0.4, -0.2) is 67.3 Å². The van der Waals surface area contributed by atoms with E-state index >= 15 is 0 Å². The highest BCUT2D eigenvalue weighted by Crippen LogP contribution is 2.12. The second-order valence-electron chi connectivity index (χ2n) is 4.64. The minimum Gasteiger partial charge on any atom is -0.350 e. The summed E-state index contributed by atoms with van der Waals surface area (Å²) < 4.78 is 59.4. The van der Waals surface area contributed by atoms with E-state index in [9.17, 15) is 26.4 Å². The maximum absolute atomic E-state index is 11.9. The summed E-state index contributed by atoms with van der Waals surface area (Å²) in [7, 11) is -8.50. The second kappa shape index (κ2) is 8.53. The van der Waals surface area contributed by atoms with Crippen molar-refractivity contribution in [2.75, 3.05) is 24.6 Å². The first-order valence-electron chi connectivity index (χ1n) is 6.52. The molecule has 4 N–H and O–H groups in total. The van der Waals surface area contributed by atoms with Crippen LogP contribution in [-0.2, 0) is 20.2 Å². The average Bonchev–Trinajstić information content (AvgIpc) is 2.43. The van der Waals surface area contributed by atoms with E-state index < -0.39 is 43.6 Å². The predicted molar refractivity (Wildman–Crippen MR) is 86.7 cm³/mol. The normalized spacial score (nSPS) is 11.8. The lowest BCUT2D eigenvalue weighted by Gasteiger charge is -2.07. The van der Waals surface area contributed by atoms with Crippen LogP contribution in [0.15, 0.2) is 12.1 Å². The lowest BCUT2D eigenvalue weighted by atomic mass is 10.2. The minimum absolute atomic E-state index is 0.0186. The number of carbonyl (C=O) groups is 2. The van der Waals surface area contributed by atoms with Gasteiger partial charge in [-0.3, -0.25) is 18.7 Å². The smallest absolute Gasteiger partial charge is 0.269 e. The van der Waals surface area contributed by atoms with E-state index in [0.29, 0.717) is 0 Å². The number of carbonyl (C=O) groups excluding carboxylic acids is 2. The van der Waals surface area contributed by atoms with Crippen LogP contribution in [0.1, 0.15) is 21.0 Å². The Bertz CT molecular complexity index is 801. The second-order valence-corrected chi connectivity index (χ2v) is 8.22. The van der Waals surface area contributed by atoms with Gasteiger partial charge >= 0.3 is 0 Å². The number of hydrogen-bond donors (Lipinski definition) is 4. The van der Waals surface area contributed by atoms with Gasteiger partial charge in [0, 0.05) is 18.1 Å². The van der Waals surface area contributed by atoms with Crippen molar-refractivity contribution < 1.29 is 35.5 Å². The van der Waals surface area contributed by atoms with Gasteiger partial charge < -0.3 is 10.6 Å². The first-order valence-corrected chi connectivity index (χ1v) is 10.1. The van der Waals surface area contributed by atoms with Gasteiger partial charge in [0.25, 0.3) is 32.1 Å². The number of rotatable bonds is 8. The largest absolute Gasteiger partial charge is 0.350 e. The molecule has 0 aliphatic rings. The minimum atomic E-state index is -4.25. The van der Waals surface area contributed by atoms with E-state index in [1.165, 1.54) is 0 Å². The zero-order chi connectivity index (χ0) is 19.3. The Morgan fingerprint density at radius 1 is 0.920 bits per heavy atom. The van der Waals surface area contributed by atoms with Crippen molar-refractivity contribution in [2.24, 2.45) is 0 Å². The lowest BCUT2D eigenvalue weighted by molar-refractivity contribution is 0.0947. The Hall–Kier alpha value is -1.80. The molecule has 0 atom stereocenters. The van der Waals surface area contributed by atoms with Crippen molar-refractivity contribution in [3.05, 3.63) is 28.5 Å². The highest BCUT2D eigenvalue weighted by molar-refractivity contribution is 7.86. The standard InChI is InChI=1S/C11H14ClN3O8S2/c12-7-5-8(10(16)13-1-3-24(18,19)20)15-9(6-7)11(17)14-2-4-25(21,22)23/h5-6H,1-4H2,(H,13,16)(H,14,17)(H,18,19,20)(H,21,22,23). The summed E-state index contributed by atoms with van der Waals surface area (Å²) in [5.41, 5.74) is -0.578. The van der Waals surface area contributed by atoms with Gasteiger partial charge in [0.05, 0.1) is 11.5 Å². The van der Waals surface area contributed by atoms with Crippen LogP contribution in [0.4, 0.5) is 0 Å². The van der Waals surface area contributed by atoms with Gasteiger partial charge in [0.1, 0.15) is 11.4 Å². The summed E-state index contributed by atoms with van der Waals surface area (Å²) in [6, 6.07) is 2.25. The Morgan fingerprint density at radius 3 is 1.60 bits per heavy atom. The molecule has 0 aromatic carbocycles. The van der Waals surface area contributed by atoms with Crippen LogP contribution in [0.25, 0.3) is 0 Å². The van der Waals surface area contributed by atoms with Crippen molar-refractivity contribution >= 4 is 43.7 Å². The van der Waals surface area contributed by atoms with E-state index in [2.05, 4.69) is 15.6 Å². The number of nitrogens with one attached hydrogen (secondary N) is 2. The number of nitrogens with zero attached hydrogens (tertiary/aromatic N) is 1. The lowest BCUT2D eigenvalue weighted by Crippen LogP contribution is -2.32. The summed E-state index contributed by atoms with van der Waals surface area (Å²) in [4.78, 5) is 27.4. The number of aromatic nitrogens is 1. The van der Waals surface area contributed by atoms with Gasteiger partial charge in [0.15, 0.2) is 0 Å². The van der Waals surface area contributed by atoms with Crippen molar-refractivity contribution in [2.45, 2.75) is 0 Å². The van der Waals surface area contributed by atoms with Crippen LogP contribution in [0.5, 0.6) is 0 Å². The van der Waals surface area contributed by atoms with Crippen molar-refractivity contribution in [1.82, 2.24) is 15.6 Å². The van der Waals surface area contributed by atoms with Crippen LogP contribution in [0.3, 0.4) is 0 Å². The average molecular weight is 416 g/mol. The molecule has 0 saturated heterocycles. The highest BCUT2D eigenvalue weighted by Gasteiger charge is 2.16. The molecular formula is C11H14ClN3O8S2. The summed E-state index contributed by atoms with van der Waals surface area (Å²) in [5, 5.41) is 4.32. The van der Waals surface area contributed by atoms with Gasteiger partial charge in [-0.2, -0.15) is 16.8 Å². The first-order chi connectivity index (χ1) is 11.4. The first kappa shape index (κ1) is 21.2. The highest BCUT2D eigenvalue weighted by atomic mass is 35.5. The SMILES string of the molecule is O=C(NCCS(=O)(=O)O)c1cc(Cl)cc(C(=O)NCCS(=O)(=O)O)n1. The van der Waals surface area contributed by atoms with E-state index in [1.807, 2.05) is 0 Å². The van der Waals surface area contributed by atoms with Crippen LogP contribution in [0.2, 0.25) is 5.02 Å². The quantitative estimate of drug-likeness (QED) is 0.386. The maximum atomic E-state index is 11.9. The fraction of sp³-hybridized carbons (Fsp3) is 0.364. The summed E-state index contributed by atoms with van der Waals surface area (Å²) in [6.07, 6.45) is 0. The van der Waals surface area contributed by atoms with Crippen molar-refractivity contribution in [3.63, 3.8) is 0 Å².